The molecule has 1 saturated heterocycles. The zero-order valence-corrected chi connectivity index (χ0v) is 19.1. The van der Waals surface area contributed by atoms with E-state index in [-0.39, 0.29) is 6.10 Å². The number of hydrogen-bond donors (Lipinski definition) is 1. The summed E-state index contributed by atoms with van der Waals surface area (Å²) in [5.41, 5.74) is 3.79. The summed E-state index contributed by atoms with van der Waals surface area (Å²) in [6.07, 6.45) is 0.146. The number of halogens is 1. The van der Waals surface area contributed by atoms with Crippen molar-refractivity contribution in [2.45, 2.75) is 32.4 Å². The standard InChI is InChI=1S/C27H31ClN2O/c1-20(2)22-9-6-10-26(15-22)31-27-17-29-16-23(27)19-30(18-21-7-4-3-5-8-21)25-13-11-24(28)12-14-25/h3-15,20,23,27,29H,16-19H2,1-2H3. The summed E-state index contributed by atoms with van der Waals surface area (Å²) in [7, 11) is 0. The van der Waals surface area contributed by atoms with Crippen LogP contribution in [0, 0.1) is 5.92 Å². The van der Waals surface area contributed by atoms with Gasteiger partial charge in [-0.05, 0) is 53.4 Å². The SMILES string of the molecule is CC(C)c1cccc(OC2CNCC2CN(Cc2ccccc2)c2ccc(Cl)cc2)c1. The fourth-order valence-corrected chi connectivity index (χ4v) is 4.28. The molecule has 2 atom stereocenters. The number of benzene rings is 3. The highest BCUT2D eigenvalue weighted by molar-refractivity contribution is 6.30. The number of hydrogen-bond acceptors (Lipinski definition) is 3. The van der Waals surface area contributed by atoms with Crippen molar-refractivity contribution in [2.75, 3.05) is 24.5 Å². The molecule has 0 aliphatic carbocycles. The van der Waals surface area contributed by atoms with E-state index in [4.69, 9.17) is 16.3 Å². The first kappa shape index (κ1) is 21.7. The maximum atomic E-state index is 6.47. The van der Waals surface area contributed by atoms with Gasteiger partial charge < -0.3 is 15.0 Å². The Bertz CT molecular complexity index is 958. The molecule has 2 unspecified atom stereocenters. The third kappa shape index (κ3) is 5.81. The van der Waals surface area contributed by atoms with E-state index >= 15 is 0 Å². The quantitative estimate of drug-likeness (QED) is 0.461. The van der Waals surface area contributed by atoms with E-state index in [1.807, 2.05) is 12.1 Å². The van der Waals surface area contributed by atoms with Gasteiger partial charge in [-0.2, -0.15) is 0 Å². The van der Waals surface area contributed by atoms with Crippen LogP contribution in [0.4, 0.5) is 5.69 Å². The van der Waals surface area contributed by atoms with Crippen LogP contribution in [0.25, 0.3) is 0 Å². The summed E-state index contributed by atoms with van der Waals surface area (Å²) in [5, 5.41) is 4.30. The molecule has 3 aromatic rings. The van der Waals surface area contributed by atoms with Crippen molar-refractivity contribution in [1.29, 1.82) is 0 Å². The first-order valence-electron chi connectivity index (χ1n) is 11.1. The third-order valence-electron chi connectivity index (χ3n) is 5.95. The highest BCUT2D eigenvalue weighted by atomic mass is 35.5. The Morgan fingerprint density at radius 3 is 2.48 bits per heavy atom. The molecule has 0 spiro atoms. The minimum absolute atomic E-state index is 0.146. The van der Waals surface area contributed by atoms with Crippen LogP contribution in [0.1, 0.15) is 30.9 Å². The summed E-state index contributed by atoms with van der Waals surface area (Å²) < 4.78 is 6.47. The van der Waals surface area contributed by atoms with E-state index in [2.05, 4.69) is 90.8 Å². The van der Waals surface area contributed by atoms with E-state index in [0.717, 1.165) is 37.0 Å². The molecule has 0 amide bonds. The van der Waals surface area contributed by atoms with Gasteiger partial charge in [0.15, 0.2) is 0 Å². The Morgan fingerprint density at radius 1 is 0.968 bits per heavy atom. The van der Waals surface area contributed by atoms with Gasteiger partial charge in [0.05, 0.1) is 0 Å². The van der Waals surface area contributed by atoms with Crippen LogP contribution in [0.15, 0.2) is 78.9 Å². The molecule has 1 N–H and O–H groups in total. The van der Waals surface area contributed by atoms with Gasteiger partial charge in [0, 0.05) is 42.8 Å². The van der Waals surface area contributed by atoms with E-state index in [9.17, 15) is 0 Å². The molecule has 4 heteroatoms. The highest BCUT2D eigenvalue weighted by Gasteiger charge is 2.31. The van der Waals surface area contributed by atoms with Gasteiger partial charge >= 0.3 is 0 Å². The zero-order valence-electron chi connectivity index (χ0n) is 18.3. The molecule has 0 bridgehead atoms. The predicted molar refractivity (Wildman–Crippen MR) is 130 cm³/mol. The van der Waals surface area contributed by atoms with Crippen molar-refractivity contribution in [2.24, 2.45) is 5.92 Å². The molecule has 0 radical (unpaired) electrons. The first-order valence-corrected chi connectivity index (χ1v) is 11.5. The van der Waals surface area contributed by atoms with Crippen LogP contribution in [0.5, 0.6) is 5.75 Å². The second kappa shape index (κ2) is 10.2. The normalized spacial score (nSPS) is 18.3. The summed E-state index contributed by atoms with van der Waals surface area (Å²) in [5.74, 6) is 1.85. The molecular formula is C27H31ClN2O. The van der Waals surface area contributed by atoms with Crippen LogP contribution in [0.2, 0.25) is 5.02 Å². The molecule has 1 fully saturated rings. The van der Waals surface area contributed by atoms with Crippen LogP contribution >= 0.6 is 11.6 Å². The van der Waals surface area contributed by atoms with Crippen LogP contribution in [-0.2, 0) is 6.54 Å². The van der Waals surface area contributed by atoms with Crippen LogP contribution in [0.3, 0.4) is 0 Å². The Kier molecular flexibility index (Phi) is 7.16. The molecule has 162 valence electrons. The van der Waals surface area contributed by atoms with Gasteiger partial charge in [-0.1, -0.05) is 67.9 Å². The maximum Gasteiger partial charge on any atom is 0.120 e. The third-order valence-corrected chi connectivity index (χ3v) is 6.20. The second-order valence-corrected chi connectivity index (χ2v) is 9.08. The molecule has 3 aromatic carbocycles. The molecule has 1 aliphatic rings. The number of rotatable bonds is 8. The summed E-state index contributed by atoms with van der Waals surface area (Å²) in [6, 6.07) is 27.3. The minimum Gasteiger partial charge on any atom is -0.489 e. The molecular weight excluding hydrogens is 404 g/mol. The van der Waals surface area contributed by atoms with Crippen molar-refractivity contribution >= 4 is 17.3 Å². The fraction of sp³-hybridized carbons (Fsp3) is 0.333. The van der Waals surface area contributed by atoms with Crippen LogP contribution in [-0.4, -0.2) is 25.7 Å². The van der Waals surface area contributed by atoms with E-state index < -0.39 is 0 Å². The molecule has 1 aliphatic heterocycles. The number of ether oxygens (including phenoxy) is 1. The Labute approximate surface area is 191 Å². The van der Waals surface area contributed by atoms with Crippen molar-refractivity contribution in [1.82, 2.24) is 5.32 Å². The Balaban J connectivity index is 1.51. The van der Waals surface area contributed by atoms with Gasteiger partial charge in [0.1, 0.15) is 11.9 Å². The summed E-state index contributed by atoms with van der Waals surface area (Å²) in [4.78, 5) is 2.43. The van der Waals surface area contributed by atoms with Crippen molar-refractivity contribution in [3.8, 4) is 5.75 Å². The van der Waals surface area contributed by atoms with E-state index in [1.54, 1.807) is 0 Å². The topological polar surface area (TPSA) is 24.5 Å². The fourth-order valence-electron chi connectivity index (χ4n) is 4.15. The highest BCUT2D eigenvalue weighted by Crippen LogP contribution is 2.26. The minimum atomic E-state index is 0.146. The molecule has 0 saturated carbocycles. The number of anilines is 1. The molecule has 4 rings (SSSR count). The average Bonchev–Trinajstić information content (AvgIpc) is 3.21. The number of nitrogens with one attached hydrogen (secondary N) is 1. The van der Waals surface area contributed by atoms with Gasteiger partial charge in [0.2, 0.25) is 0 Å². The molecule has 31 heavy (non-hydrogen) atoms. The lowest BCUT2D eigenvalue weighted by molar-refractivity contribution is 0.175. The van der Waals surface area contributed by atoms with Crippen molar-refractivity contribution in [3.05, 3.63) is 95.0 Å². The van der Waals surface area contributed by atoms with Crippen LogP contribution < -0.4 is 15.0 Å². The summed E-state index contributed by atoms with van der Waals surface area (Å²) in [6.45, 7) is 8.02. The molecule has 1 heterocycles. The van der Waals surface area contributed by atoms with E-state index in [0.29, 0.717) is 11.8 Å². The lowest BCUT2D eigenvalue weighted by Crippen LogP contribution is -2.37. The largest absolute Gasteiger partial charge is 0.489 e. The Hall–Kier alpha value is -2.49. The molecule has 0 aromatic heterocycles. The van der Waals surface area contributed by atoms with Gasteiger partial charge in [0.25, 0.3) is 0 Å². The first-order chi connectivity index (χ1) is 15.1. The van der Waals surface area contributed by atoms with Crippen molar-refractivity contribution in [3.63, 3.8) is 0 Å². The zero-order chi connectivity index (χ0) is 21.6. The van der Waals surface area contributed by atoms with E-state index in [1.165, 1.54) is 16.8 Å². The second-order valence-electron chi connectivity index (χ2n) is 8.64. The average molecular weight is 435 g/mol. The number of nitrogens with zero attached hydrogens (tertiary/aromatic N) is 1. The maximum absolute atomic E-state index is 6.47. The van der Waals surface area contributed by atoms with Crippen molar-refractivity contribution < 1.29 is 4.74 Å². The van der Waals surface area contributed by atoms with Gasteiger partial charge in [-0.3, -0.25) is 0 Å². The summed E-state index contributed by atoms with van der Waals surface area (Å²) >= 11 is 6.15. The Morgan fingerprint density at radius 2 is 1.74 bits per heavy atom. The van der Waals surface area contributed by atoms with Gasteiger partial charge in [-0.25, -0.2) is 0 Å². The smallest absolute Gasteiger partial charge is 0.120 e. The van der Waals surface area contributed by atoms with Gasteiger partial charge in [-0.15, -0.1) is 0 Å². The predicted octanol–water partition coefficient (Wildman–Crippen LogP) is 6.14. The lowest BCUT2D eigenvalue weighted by Gasteiger charge is -2.30. The monoisotopic (exact) mass is 434 g/mol. The molecule has 3 nitrogen and oxygen atoms in total. The lowest BCUT2D eigenvalue weighted by atomic mass is 10.0.